The van der Waals surface area contributed by atoms with E-state index in [1.807, 2.05) is 48.5 Å². The van der Waals surface area contributed by atoms with Crippen molar-refractivity contribution < 1.29 is 23.1 Å². The lowest BCUT2D eigenvalue weighted by Crippen LogP contribution is -2.49. The predicted molar refractivity (Wildman–Crippen MR) is 142 cm³/mol. The fourth-order valence-corrected chi connectivity index (χ4v) is 6.51. The number of alkyl carbamates (subject to hydrolysis) is 1. The molecule has 1 saturated carbocycles. The molecule has 0 radical (unpaired) electrons. The van der Waals surface area contributed by atoms with Gasteiger partial charge in [0.15, 0.2) is 0 Å². The van der Waals surface area contributed by atoms with Crippen molar-refractivity contribution in [3.63, 3.8) is 0 Å². The van der Waals surface area contributed by atoms with Crippen molar-refractivity contribution in [3.8, 4) is 0 Å². The highest BCUT2D eigenvalue weighted by molar-refractivity contribution is 7.89. The van der Waals surface area contributed by atoms with Crippen LogP contribution in [0.1, 0.15) is 49.3 Å². The standard InChI is InChI=1S/C29H34N2O5S/c32-27(21-31(25-17-9-3-10-18-25)37(34,35)26-19-11-4-12-20-26)28(24-15-7-2-8-16-24)30-29(33)36-22-23-13-5-1-6-14-23/h1-2,4-8,11-16,19-20,25,27-28,32H,3,9-10,17-18,21-22H2,(H,30,33)/t27-,28?/m1/s1. The van der Waals surface area contributed by atoms with Crippen molar-refractivity contribution in [2.45, 2.75) is 61.8 Å². The zero-order chi connectivity index (χ0) is 26.1. The number of carbonyl (C=O) groups excluding carboxylic acids is 1. The monoisotopic (exact) mass is 522 g/mol. The minimum Gasteiger partial charge on any atom is -0.445 e. The Morgan fingerprint density at radius 2 is 1.46 bits per heavy atom. The molecule has 0 spiro atoms. The Morgan fingerprint density at radius 1 is 0.892 bits per heavy atom. The van der Waals surface area contributed by atoms with Gasteiger partial charge in [-0.25, -0.2) is 13.2 Å². The molecular formula is C29H34N2O5S. The van der Waals surface area contributed by atoms with Gasteiger partial charge in [0, 0.05) is 12.6 Å². The SMILES string of the molecule is O=C(NC(c1ccccc1)[C@H](O)CN(C1CCCCC1)S(=O)(=O)c1ccccc1)OCc1ccccc1. The highest BCUT2D eigenvalue weighted by Crippen LogP contribution is 2.30. The van der Waals surface area contributed by atoms with Gasteiger partial charge in [-0.2, -0.15) is 4.31 Å². The molecule has 1 amide bonds. The van der Waals surface area contributed by atoms with E-state index in [1.54, 1.807) is 42.5 Å². The number of rotatable bonds is 10. The number of ether oxygens (including phenoxy) is 1. The second kappa shape index (κ2) is 12.9. The Balaban J connectivity index is 1.56. The first kappa shape index (κ1) is 26.9. The Kier molecular flexibility index (Phi) is 9.33. The third-order valence-corrected chi connectivity index (χ3v) is 8.66. The zero-order valence-corrected chi connectivity index (χ0v) is 21.6. The maximum Gasteiger partial charge on any atom is 0.408 e. The summed E-state index contributed by atoms with van der Waals surface area (Å²) in [6, 6.07) is 25.6. The largest absolute Gasteiger partial charge is 0.445 e. The van der Waals surface area contributed by atoms with Crippen LogP contribution in [-0.4, -0.2) is 42.6 Å². The van der Waals surface area contributed by atoms with Gasteiger partial charge in [0.05, 0.1) is 17.0 Å². The molecule has 37 heavy (non-hydrogen) atoms. The molecule has 1 aliphatic carbocycles. The van der Waals surface area contributed by atoms with E-state index in [4.69, 9.17) is 4.74 Å². The van der Waals surface area contributed by atoms with E-state index >= 15 is 0 Å². The van der Waals surface area contributed by atoms with E-state index in [0.29, 0.717) is 5.56 Å². The molecule has 2 atom stereocenters. The molecule has 1 unspecified atom stereocenters. The van der Waals surface area contributed by atoms with Gasteiger partial charge in [-0.3, -0.25) is 0 Å². The van der Waals surface area contributed by atoms with Gasteiger partial charge >= 0.3 is 6.09 Å². The zero-order valence-electron chi connectivity index (χ0n) is 20.8. The Labute approximate surface area is 219 Å². The second-order valence-electron chi connectivity index (χ2n) is 9.34. The second-order valence-corrected chi connectivity index (χ2v) is 11.2. The molecule has 196 valence electrons. The number of aliphatic hydroxyl groups excluding tert-OH is 1. The highest BCUT2D eigenvalue weighted by Gasteiger charge is 2.36. The minimum atomic E-state index is -3.86. The van der Waals surface area contributed by atoms with Crippen molar-refractivity contribution in [3.05, 3.63) is 102 Å². The number of benzene rings is 3. The van der Waals surface area contributed by atoms with Gasteiger partial charge in [0.2, 0.25) is 10.0 Å². The van der Waals surface area contributed by atoms with Crippen molar-refractivity contribution in [1.29, 1.82) is 0 Å². The van der Waals surface area contributed by atoms with E-state index < -0.39 is 28.3 Å². The summed E-state index contributed by atoms with van der Waals surface area (Å²) in [5.74, 6) is 0. The molecular weight excluding hydrogens is 488 g/mol. The number of carbonyl (C=O) groups is 1. The van der Waals surface area contributed by atoms with Gasteiger partial charge in [-0.15, -0.1) is 0 Å². The Morgan fingerprint density at radius 3 is 2.08 bits per heavy atom. The number of hydrogen-bond donors (Lipinski definition) is 2. The molecule has 8 heteroatoms. The topological polar surface area (TPSA) is 95.9 Å². The fraction of sp³-hybridized carbons (Fsp3) is 0.345. The van der Waals surface area contributed by atoms with E-state index in [1.165, 1.54) is 4.31 Å². The molecule has 2 N–H and O–H groups in total. The van der Waals surface area contributed by atoms with Crippen LogP contribution in [-0.2, 0) is 21.4 Å². The van der Waals surface area contributed by atoms with Gasteiger partial charge in [-0.1, -0.05) is 98.1 Å². The van der Waals surface area contributed by atoms with Crippen LogP contribution in [0.2, 0.25) is 0 Å². The summed E-state index contributed by atoms with van der Waals surface area (Å²) < 4.78 is 34.2. The van der Waals surface area contributed by atoms with E-state index in [2.05, 4.69) is 5.32 Å². The average molecular weight is 523 g/mol. The van der Waals surface area contributed by atoms with Gasteiger partial charge < -0.3 is 15.2 Å². The van der Waals surface area contributed by atoms with Gasteiger partial charge in [-0.05, 0) is 36.1 Å². The summed E-state index contributed by atoms with van der Waals surface area (Å²) >= 11 is 0. The van der Waals surface area contributed by atoms with Crippen LogP contribution < -0.4 is 5.32 Å². The van der Waals surface area contributed by atoms with Crippen molar-refractivity contribution >= 4 is 16.1 Å². The lowest BCUT2D eigenvalue weighted by molar-refractivity contribution is 0.0781. The predicted octanol–water partition coefficient (Wildman–Crippen LogP) is 5.04. The summed E-state index contributed by atoms with van der Waals surface area (Å²) in [5.41, 5.74) is 1.50. The molecule has 7 nitrogen and oxygen atoms in total. The Bertz CT molecular complexity index is 1220. The highest BCUT2D eigenvalue weighted by atomic mass is 32.2. The molecule has 1 aliphatic rings. The van der Waals surface area contributed by atoms with Crippen LogP contribution in [0.5, 0.6) is 0 Å². The molecule has 0 aliphatic heterocycles. The van der Waals surface area contributed by atoms with Crippen LogP contribution in [0.3, 0.4) is 0 Å². The molecule has 0 saturated heterocycles. The normalized spacial score (nSPS) is 16.2. The molecule has 0 bridgehead atoms. The van der Waals surface area contributed by atoms with Crippen LogP contribution in [0.4, 0.5) is 4.79 Å². The lowest BCUT2D eigenvalue weighted by Gasteiger charge is -2.36. The van der Waals surface area contributed by atoms with Gasteiger partial charge in [0.25, 0.3) is 0 Å². The lowest BCUT2D eigenvalue weighted by atomic mass is 9.94. The third kappa shape index (κ3) is 7.19. The first-order valence-electron chi connectivity index (χ1n) is 12.7. The molecule has 0 aromatic heterocycles. The van der Waals surface area contributed by atoms with Crippen LogP contribution in [0.25, 0.3) is 0 Å². The summed E-state index contributed by atoms with van der Waals surface area (Å²) in [5, 5.41) is 14.2. The van der Waals surface area contributed by atoms with E-state index in [0.717, 1.165) is 37.7 Å². The van der Waals surface area contributed by atoms with E-state index in [-0.39, 0.29) is 24.1 Å². The number of nitrogens with one attached hydrogen (secondary N) is 1. The quantitative estimate of drug-likeness (QED) is 0.389. The first-order valence-corrected chi connectivity index (χ1v) is 14.2. The van der Waals surface area contributed by atoms with E-state index in [9.17, 15) is 18.3 Å². The maximum atomic E-state index is 13.7. The van der Waals surface area contributed by atoms with Crippen molar-refractivity contribution in [2.75, 3.05) is 6.54 Å². The number of amides is 1. The smallest absolute Gasteiger partial charge is 0.408 e. The van der Waals surface area contributed by atoms with Crippen LogP contribution in [0.15, 0.2) is 95.9 Å². The molecule has 3 aromatic carbocycles. The number of aliphatic hydroxyl groups is 1. The summed E-state index contributed by atoms with van der Waals surface area (Å²) in [7, 11) is -3.86. The molecule has 3 aromatic rings. The average Bonchev–Trinajstić information content (AvgIpc) is 2.95. The van der Waals surface area contributed by atoms with Gasteiger partial charge in [0.1, 0.15) is 6.61 Å². The third-order valence-electron chi connectivity index (χ3n) is 6.73. The molecule has 4 rings (SSSR count). The van der Waals surface area contributed by atoms with Crippen molar-refractivity contribution in [1.82, 2.24) is 9.62 Å². The van der Waals surface area contributed by atoms with Crippen LogP contribution >= 0.6 is 0 Å². The Hall–Kier alpha value is -3.20. The first-order chi connectivity index (χ1) is 17.9. The number of hydrogen-bond acceptors (Lipinski definition) is 5. The number of sulfonamides is 1. The molecule has 1 fully saturated rings. The number of nitrogens with zero attached hydrogens (tertiary/aromatic N) is 1. The molecule has 0 heterocycles. The van der Waals surface area contributed by atoms with Crippen LogP contribution in [0, 0.1) is 0 Å². The summed E-state index contributed by atoms with van der Waals surface area (Å²) in [4.78, 5) is 12.9. The summed E-state index contributed by atoms with van der Waals surface area (Å²) in [6.45, 7) is -0.0682. The maximum absolute atomic E-state index is 13.7. The summed E-state index contributed by atoms with van der Waals surface area (Å²) in [6.07, 6.45) is 2.53. The van der Waals surface area contributed by atoms with Crippen molar-refractivity contribution in [2.24, 2.45) is 0 Å². The minimum absolute atomic E-state index is 0.0842. The fourth-order valence-electron chi connectivity index (χ4n) is 4.78.